The van der Waals surface area contributed by atoms with E-state index < -0.39 is 0 Å². The Morgan fingerprint density at radius 2 is 1.89 bits per heavy atom. The monoisotopic (exact) mass is 277 g/mol. The normalized spacial score (nSPS) is 10.5. The summed E-state index contributed by atoms with van der Waals surface area (Å²) in [6, 6.07) is 13.0. The summed E-state index contributed by atoms with van der Waals surface area (Å²) in [5, 5.41) is 0. The van der Waals surface area contributed by atoms with Crippen molar-refractivity contribution in [1.82, 2.24) is 0 Å². The van der Waals surface area contributed by atoms with Gasteiger partial charge < -0.3 is 4.90 Å². The summed E-state index contributed by atoms with van der Waals surface area (Å²) < 4.78 is 13.6. The van der Waals surface area contributed by atoms with E-state index in [-0.39, 0.29) is 5.82 Å². The molecule has 0 aliphatic heterocycles. The molecule has 0 fully saturated rings. The average molecular weight is 278 g/mol. The van der Waals surface area contributed by atoms with E-state index in [1.54, 1.807) is 6.07 Å². The van der Waals surface area contributed by atoms with E-state index in [4.69, 9.17) is 11.6 Å². The molecule has 0 saturated carbocycles. The van der Waals surface area contributed by atoms with Gasteiger partial charge in [0.25, 0.3) is 0 Å². The van der Waals surface area contributed by atoms with Crippen molar-refractivity contribution in [2.24, 2.45) is 0 Å². The van der Waals surface area contributed by atoms with Gasteiger partial charge in [-0.2, -0.15) is 0 Å². The minimum absolute atomic E-state index is 0.163. The van der Waals surface area contributed by atoms with Crippen molar-refractivity contribution in [1.29, 1.82) is 0 Å². The Kier molecular flexibility index (Phi) is 4.43. The SMILES string of the molecule is Cc1cc(CCl)ccc1N(C)Cc1ccccc1F. The molecule has 0 bridgehead atoms. The number of rotatable bonds is 4. The third kappa shape index (κ3) is 3.27. The lowest BCUT2D eigenvalue weighted by Crippen LogP contribution is -2.18. The number of halogens is 2. The molecule has 0 unspecified atom stereocenters. The number of alkyl halides is 1. The van der Waals surface area contributed by atoms with Crippen LogP contribution in [-0.2, 0) is 12.4 Å². The summed E-state index contributed by atoms with van der Waals surface area (Å²) in [4.78, 5) is 2.05. The van der Waals surface area contributed by atoms with Gasteiger partial charge in [-0.15, -0.1) is 11.6 Å². The highest BCUT2D eigenvalue weighted by atomic mass is 35.5. The Balaban J connectivity index is 2.21. The predicted octanol–water partition coefficient (Wildman–Crippen LogP) is 4.51. The fraction of sp³-hybridized carbons (Fsp3) is 0.250. The molecule has 2 rings (SSSR count). The van der Waals surface area contributed by atoms with Gasteiger partial charge in [0.2, 0.25) is 0 Å². The highest BCUT2D eigenvalue weighted by molar-refractivity contribution is 6.17. The number of aryl methyl sites for hydroxylation is 1. The van der Waals surface area contributed by atoms with Crippen LogP contribution in [0.15, 0.2) is 42.5 Å². The van der Waals surface area contributed by atoms with Crippen molar-refractivity contribution in [3.8, 4) is 0 Å². The van der Waals surface area contributed by atoms with Crippen LogP contribution >= 0.6 is 11.6 Å². The van der Waals surface area contributed by atoms with Gasteiger partial charge in [-0.1, -0.05) is 30.3 Å². The van der Waals surface area contributed by atoms with Gasteiger partial charge in [-0.05, 0) is 30.2 Å². The first-order valence-electron chi connectivity index (χ1n) is 6.22. The van der Waals surface area contributed by atoms with Crippen LogP contribution in [0.1, 0.15) is 16.7 Å². The van der Waals surface area contributed by atoms with Crippen molar-refractivity contribution >= 4 is 17.3 Å². The molecule has 0 aromatic heterocycles. The Morgan fingerprint density at radius 3 is 2.53 bits per heavy atom. The summed E-state index contributed by atoms with van der Waals surface area (Å²) in [5.41, 5.74) is 4.04. The Bertz CT molecular complexity index is 568. The first-order valence-corrected chi connectivity index (χ1v) is 6.75. The second-order valence-electron chi connectivity index (χ2n) is 4.70. The molecule has 100 valence electrons. The quantitative estimate of drug-likeness (QED) is 0.743. The molecule has 0 aliphatic carbocycles. The van der Waals surface area contributed by atoms with E-state index in [1.165, 1.54) is 6.07 Å². The molecule has 1 nitrogen and oxygen atoms in total. The molecule has 0 heterocycles. The molecule has 0 atom stereocenters. The van der Waals surface area contributed by atoms with E-state index in [2.05, 4.69) is 6.07 Å². The van der Waals surface area contributed by atoms with Gasteiger partial charge in [0.1, 0.15) is 5.82 Å². The number of anilines is 1. The molecule has 3 heteroatoms. The van der Waals surface area contributed by atoms with Crippen molar-refractivity contribution in [3.05, 3.63) is 65.0 Å². The van der Waals surface area contributed by atoms with Gasteiger partial charge in [0, 0.05) is 30.7 Å². The van der Waals surface area contributed by atoms with Gasteiger partial charge >= 0.3 is 0 Å². The highest BCUT2D eigenvalue weighted by Crippen LogP contribution is 2.23. The fourth-order valence-corrected chi connectivity index (χ4v) is 2.36. The summed E-state index contributed by atoms with van der Waals surface area (Å²) in [6.45, 7) is 2.59. The van der Waals surface area contributed by atoms with Crippen LogP contribution in [0, 0.1) is 12.7 Å². The topological polar surface area (TPSA) is 3.24 Å². The van der Waals surface area contributed by atoms with Crippen LogP contribution in [-0.4, -0.2) is 7.05 Å². The van der Waals surface area contributed by atoms with Crippen LogP contribution < -0.4 is 4.90 Å². The van der Waals surface area contributed by atoms with Crippen molar-refractivity contribution < 1.29 is 4.39 Å². The van der Waals surface area contributed by atoms with E-state index >= 15 is 0 Å². The lowest BCUT2D eigenvalue weighted by molar-refractivity contribution is 0.608. The summed E-state index contributed by atoms with van der Waals surface area (Å²) >= 11 is 5.82. The third-order valence-electron chi connectivity index (χ3n) is 3.19. The van der Waals surface area contributed by atoms with E-state index in [9.17, 15) is 4.39 Å². The van der Waals surface area contributed by atoms with Crippen molar-refractivity contribution in [2.45, 2.75) is 19.3 Å². The largest absolute Gasteiger partial charge is 0.370 e. The van der Waals surface area contributed by atoms with Gasteiger partial charge in [-0.25, -0.2) is 4.39 Å². The minimum atomic E-state index is -0.163. The first kappa shape index (κ1) is 13.9. The third-order valence-corrected chi connectivity index (χ3v) is 3.50. The molecule has 0 amide bonds. The van der Waals surface area contributed by atoms with Gasteiger partial charge in [0.05, 0.1) is 0 Å². The molecule has 0 aliphatic rings. The fourth-order valence-electron chi connectivity index (χ4n) is 2.20. The van der Waals surface area contributed by atoms with Gasteiger partial charge in [-0.3, -0.25) is 0 Å². The van der Waals surface area contributed by atoms with Crippen LogP contribution in [0.4, 0.5) is 10.1 Å². The minimum Gasteiger partial charge on any atom is -0.370 e. The summed E-state index contributed by atoms with van der Waals surface area (Å²) in [5.74, 6) is 0.349. The Morgan fingerprint density at radius 1 is 1.16 bits per heavy atom. The molecule has 2 aromatic rings. The molecule has 0 radical (unpaired) electrons. The Hall–Kier alpha value is -1.54. The number of nitrogens with zero attached hydrogens (tertiary/aromatic N) is 1. The maximum Gasteiger partial charge on any atom is 0.128 e. The zero-order chi connectivity index (χ0) is 13.8. The molecular formula is C16H17ClFN. The number of hydrogen-bond acceptors (Lipinski definition) is 1. The smallest absolute Gasteiger partial charge is 0.128 e. The van der Waals surface area contributed by atoms with Crippen LogP contribution in [0.2, 0.25) is 0 Å². The molecular weight excluding hydrogens is 261 g/mol. The van der Waals surface area contributed by atoms with Gasteiger partial charge in [0.15, 0.2) is 0 Å². The summed E-state index contributed by atoms with van der Waals surface area (Å²) in [6.07, 6.45) is 0. The zero-order valence-corrected chi connectivity index (χ0v) is 11.9. The summed E-state index contributed by atoms with van der Waals surface area (Å²) in [7, 11) is 1.97. The number of hydrogen-bond donors (Lipinski definition) is 0. The van der Waals surface area contributed by atoms with Crippen molar-refractivity contribution in [3.63, 3.8) is 0 Å². The van der Waals surface area contributed by atoms with Crippen LogP contribution in [0.25, 0.3) is 0 Å². The zero-order valence-electron chi connectivity index (χ0n) is 11.2. The van der Waals surface area contributed by atoms with Crippen LogP contribution in [0.3, 0.4) is 0 Å². The standard InChI is InChI=1S/C16H17ClFN/c1-12-9-13(10-17)7-8-16(12)19(2)11-14-5-3-4-6-15(14)18/h3-9H,10-11H2,1-2H3. The maximum absolute atomic E-state index is 13.6. The highest BCUT2D eigenvalue weighted by Gasteiger charge is 2.08. The first-order chi connectivity index (χ1) is 9.11. The van der Waals surface area contributed by atoms with Crippen molar-refractivity contribution in [2.75, 3.05) is 11.9 Å². The lowest BCUT2D eigenvalue weighted by atomic mass is 10.1. The molecule has 19 heavy (non-hydrogen) atoms. The predicted molar refractivity (Wildman–Crippen MR) is 79.2 cm³/mol. The Labute approximate surface area is 118 Å². The molecule has 0 N–H and O–H groups in total. The second-order valence-corrected chi connectivity index (χ2v) is 4.97. The number of benzene rings is 2. The van der Waals surface area contributed by atoms with Crippen LogP contribution in [0.5, 0.6) is 0 Å². The lowest BCUT2D eigenvalue weighted by Gasteiger charge is -2.22. The molecule has 2 aromatic carbocycles. The molecule has 0 spiro atoms. The second kappa shape index (κ2) is 6.07. The van der Waals surface area contributed by atoms with E-state index in [1.807, 2.05) is 43.1 Å². The van der Waals surface area contributed by atoms with E-state index in [0.717, 1.165) is 16.8 Å². The van der Waals surface area contributed by atoms with E-state index in [0.29, 0.717) is 18.0 Å². The average Bonchev–Trinajstić information content (AvgIpc) is 2.41. The maximum atomic E-state index is 13.6. The molecule has 0 saturated heterocycles.